The molecule has 0 N–H and O–H groups in total. The number of methoxy groups -OCH3 is 1. The minimum Gasteiger partial charge on any atom is -0.464 e. The average molecular weight is 301 g/mol. The van der Waals surface area contributed by atoms with Crippen LogP contribution in [0.5, 0.6) is 0 Å². The Bertz CT molecular complexity index is 586. The van der Waals surface area contributed by atoms with Gasteiger partial charge in [0.25, 0.3) is 0 Å². The molecule has 1 aromatic rings. The zero-order valence-corrected chi connectivity index (χ0v) is 12.5. The molecule has 1 aliphatic heterocycles. The number of hydrogen-bond acceptors (Lipinski definition) is 5. The quantitative estimate of drug-likeness (QED) is 0.770. The van der Waals surface area contributed by atoms with Crippen LogP contribution in [0.1, 0.15) is 36.2 Å². The molecule has 0 bridgehead atoms. The molecule has 0 aromatic carbocycles. The van der Waals surface area contributed by atoms with Crippen molar-refractivity contribution >= 4 is 16.0 Å². The Kier molecular flexibility index (Phi) is 4.44. The summed E-state index contributed by atoms with van der Waals surface area (Å²) in [5, 5.41) is 3.88. The van der Waals surface area contributed by atoms with Crippen LogP contribution in [0.2, 0.25) is 0 Å². The molecule has 0 aliphatic carbocycles. The van der Waals surface area contributed by atoms with E-state index in [9.17, 15) is 13.2 Å². The number of aryl methyl sites for hydroxylation is 1. The summed E-state index contributed by atoms with van der Waals surface area (Å²) < 4.78 is 32.6. The lowest BCUT2D eigenvalue weighted by molar-refractivity contribution is 0.0583. The molecule has 0 atom stereocenters. The van der Waals surface area contributed by atoms with Gasteiger partial charge in [-0.1, -0.05) is 12.8 Å². The summed E-state index contributed by atoms with van der Waals surface area (Å²) in [5.41, 5.74) is -0.0308. The Labute approximate surface area is 118 Å². The van der Waals surface area contributed by atoms with E-state index in [2.05, 4.69) is 9.84 Å². The maximum atomic E-state index is 12.7. The van der Waals surface area contributed by atoms with Crippen molar-refractivity contribution in [3.05, 3.63) is 11.9 Å². The summed E-state index contributed by atoms with van der Waals surface area (Å²) in [6.45, 7) is 0.968. The number of sulfonamides is 1. The molecule has 8 heteroatoms. The molecule has 0 spiro atoms. The lowest BCUT2D eigenvalue weighted by atomic mass is 10.2. The van der Waals surface area contributed by atoms with E-state index >= 15 is 0 Å². The molecule has 0 unspecified atom stereocenters. The second-order valence-corrected chi connectivity index (χ2v) is 6.70. The summed E-state index contributed by atoms with van der Waals surface area (Å²) >= 11 is 0. The highest BCUT2D eigenvalue weighted by atomic mass is 32.2. The van der Waals surface area contributed by atoms with E-state index < -0.39 is 16.0 Å². The van der Waals surface area contributed by atoms with E-state index in [-0.39, 0.29) is 10.6 Å². The second-order valence-electron chi connectivity index (χ2n) is 4.79. The van der Waals surface area contributed by atoms with Gasteiger partial charge in [-0.05, 0) is 12.8 Å². The summed E-state index contributed by atoms with van der Waals surface area (Å²) in [6.07, 6.45) is 4.96. The predicted octanol–water partition coefficient (Wildman–Crippen LogP) is 0.771. The number of carbonyl (C=O) groups is 1. The summed E-state index contributed by atoms with van der Waals surface area (Å²) in [4.78, 5) is 11.7. The van der Waals surface area contributed by atoms with Gasteiger partial charge in [0.15, 0.2) is 5.69 Å². The third-order valence-corrected chi connectivity index (χ3v) is 5.37. The maximum Gasteiger partial charge on any atom is 0.357 e. The van der Waals surface area contributed by atoms with Crippen LogP contribution in [0, 0.1) is 0 Å². The van der Waals surface area contributed by atoms with Crippen molar-refractivity contribution in [1.29, 1.82) is 0 Å². The van der Waals surface area contributed by atoms with Crippen molar-refractivity contribution in [2.45, 2.75) is 30.6 Å². The predicted molar refractivity (Wildman–Crippen MR) is 71.8 cm³/mol. The van der Waals surface area contributed by atoms with Crippen LogP contribution in [-0.4, -0.2) is 48.7 Å². The molecule has 1 fully saturated rings. The first-order valence-electron chi connectivity index (χ1n) is 6.59. The van der Waals surface area contributed by atoms with Gasteiger partial charge in [0.05, 0.1) is 13.3 Å². The molecule has 0 amide bonds. The molecule has 1 aromatic heterocycles. The number of ether oxygens (including phenoxy) is 1. The van der Waals surface area contributed by atoms with Crippen molar-refractivity contribution < 1.29 is 17.9 Å². The van der Waals surface area contributed by atoms with E-state index in [1.165, 1.54) is 29.3 Å². The lowest BCUT2D eigenvalue weighted by Gasteiger charge is -2.19. The standard InChI is InChI=1S/C12H19N3O4S/c1-14-11(12(16)19-2)10(9-13-14)20(17,18)15-7-5-3-4-6-8-15/h9H,3-8H2,1-2H3. The number of nitrogens with zero attached hydrogens (tertiary/aromatic N) is 3. The van der Waals surface area contributed by atoms with Gasteiger partial charge in [-0.3, -0.25) is 4.68 Å². The summed E-state index contributed by atoms with van der Waals surface area (Å²) in [5.74, 6) is -0.696. The first-order valence-corrected chi connectivity index (χ1v) is 8.03. The van der Waals surface area contributed by atoms with Crippen molar-refractivity contribution in [3.63, 3.8) is 0 Å². The highest BCUT2D eigenvalue weighted by Crippen LogP contribution is 2.23. The molecule has 2 rings (SSSR count). The smallest absolute Gasteiger partial charge is 0.357 e. The van der Waals surface area contributed by atoms with Crippen LogP contribution >= 0.6 is 0 Å². The summed E-state index contributed by atoms with van der Waals surface area (Å²) in [6, 6.07) is 0. The van der Waals surface area contributed by atoms with Gasteiger partial charge in [0.1, 0.15) is 4.90 Å². The number of hydrogen-bond donors (Lipinski definition) is 0. The minimum absolute atomic E-state index is 0.0308. The molecule has 20 heavy (non-hydrogen) atoms. The van der Waals surface area contributed by atoms with Gasteiger partial charge < -0.3 is 4.74 Å². The Morgan fingerprint density at radius 1 is 1.25 bits per heavy atom. The Morgan fingerprint density at radius 3 is 2.40 bits per heavy atom. The fourth-order valence-electron chi connectivity index (χ4n) is 2.36. The third kappa shape index (κ3) is 2.71. The lowest BCUT2D eigenvalue weighted by Crippen LogP contribution is -2.33. The SMILES string of the molecule is COC(=O)c1c(S(=O)(=O)N2CCCCCC2)cnn1C. The van der Waals surface area contributed by atoms with Crippen LogP contribution in [0.25, 0.3) is 0 Å². The van der Waals surface area contributed by atoms with Crippen LogP contribution < -0.4 is 0 Å². The first-order chi connectivity index (χ1) is 9.48. The van der Waals surface area contributed by atoms with Crippen molar-refractivity contribution in [3.8, 4) is 0 Å². The van der Waals surface area contributed by atoms with E-state index in [1.807, 2.05) is 0 Å². The van der Waals surface area contributed by atoms with Crippen molar-refractivity contribution in [1.82, 2.24) is 14.1 Å². The number of rotatable bonds is 3. The van der Waals surface area contributed by atoms with Crippen molar-refractivity contribution in [2.75, 3.05) is 20.2 Å². The molecule has 1 saturated heterocycles. The average Bonchev–Trinajstić information content (AvgIpc) is 2.66. The minimum atomic E-state index is -3.70. The van der Waals surface area contributed by atoms with Gasteiger partial charge in [-0.15, -0.1) is 0 Å². The highest BCUT2D eigenvalue weighted by molar-refractivity contribution is 7.89. The largest absolute Gasteiger partial charge is 0.464 e. The van der Waals surface area contributed by atoms with Crippen LogP contribution in [0.3, 0.4) is 0 Å². The van der Waals surface area contributed by atoms with Gasteiger partial charge in [-0.2, -0.15) is 9.40 Å². The molecular weight excluding hydrogens is 282 g/mol. The zero-order chi connectivity index (χ0) is 14.8. The summed E-state index contributed by atoms with van der Waals surface area (Å²) in [7, 11) is -0.960. The topological polar surface area (TPSA) is 81.5 Å². The van der Waals surface area contributed by atoms with Gasteiger partial charge in [-0.25, -0.2) is 13.2 Å². The van der Waals surface area contributed by atoms with Crippen LogP contribution in [0.15, 0.2) is 11.1 Å². The fourth-order valence-corrected chi connectivity index (χ4v) is 4.01. The maximum absolute atomic E-state index is 12.7. The second kappa shape index (κ2) is 5.92. The van der Waals surface area contributed by atoms with Gasteiger partial charge in [0, 0.05) is 20.1 Å². The highest BCUT2D eigenvalue weighted by Gasteiger charge is 2.32. The van der Waals surface area contributed by atoms with Crippen molar-refractivity contribution in [2.24, 2.45) is 7.05 Å². The molecule has 112 valence electrons. The zero-order valence-electron chi connectivity index (χ0n) is 11.7. The fraction of sp³-hybridized carbons (Fsp3) is 0.667. The third-order valence-electron chi connectivity index (χ3n) is 3.47. The van der Waals surface area contributed by atoms with Crippen LogP contribution in [-0.2, 0) is 21.8 Å². The van der Waals surface area contributed by atoms with E-state index in [1.54, 1.807) is 0 Å². The molecule has 0 saturated carbocycles. The monoisotopic (exact) mass is 301 g/mol. The van der Waals surface area contributed by atoms with Gasteiger partial charge >= 0.3 is 5.97 Å². The molecule has 7 nitrogen and oxygen atoms in total. The molecule has 0 radical (unpaired) electrons. The number of carbonyl (C=O) groups excluding carboxylic acids is 1. The van der Waals surface area contributed by atoms with E-state index in [0.717, 1.165) is 25.7 Å². The normalized spacial score (nSPS) is 17.7. The van der Waals surface area contributed by atoms with E-state index in [0.29, 0.717) is 13.1 Å². The number of aromatic nitrogens is 2. The molecule has 2 heterocycles. The molecular formula is C12H19N3O4S. The number of esters is 1. The van der Waals surface area contributed by atoms with Crippen LogP contribution in [0.4, 0.5) is 0 Å². The Balaban J connectivity index is 2.41. The van der Waals surface area contributed by atoms with E-state index in [4.69, 9.17) is 0 Å². The van der Waals surface area contributed by atoms with Gasteiger partial charge in [0.2, 0.25) is 10.0 Å². The first kappa shape index (κ1) is 15.0. The Hall–Kier alpha value is -1.41. The Morgan fingerprint density at radius 2 is 1.85 bits per heavy atom. The molecule has 1 aliphatic rings.